The van der Waals surface area contributed by atoms with Crippen molar-refractivity contribution in [2.24, 2.45) is 11.8 Å². The highest BCUT2D eigenvalue weighted by atomic mass is 16.5. The molecule has 2 aliphatic carbocycles. The van der Waals surface area contributed by atoms with E-state index in [0.717, 1.165) is 44.8 Å². The van der Waals surface area contributed by atoms with Gasteiger partial charge in [0, 0.05) is 19.1 Å². The molecule has 2 saturated carbocycles. The zero-order chi connectivity index (χ0) is 17.1. The van der Waals surface area contributed by atoms with Crippen LogP contribution in [0.4, 0.5) is 0 Å². The topological polar surface area (TPSA) is 29.5 Å². The van der Waals surface area contributed by atoms with Gasteiger partial charge in [-0.1, -0.05) is 49.6 Å². The van der Waals surface area contributed by atoms with Crippen LogP contribution in [0, 0.1) is 11.8 Å². The number of amides is 1. The average molecular weight is 341 g/mol. The van der Waals surface area contributed by atoms with E-state index in [9.17, 15) is 4.79 Å². The number of hydrogen-bond donors (Lipinski definition) is 0. The Morgan fingerprint density at radius 3 is 2.48 bits per heavy atom. The summed E-state index contributed by atoms with van der Waals surface area (Å²) < 4.78 is 6.29. The molecule has 3 nitrogen and oxygen atoms in total. The molecule has 0 aromatic heterocycles. The van der Waals surface area contributed by atoms with Gasteiger partial charge in [-0.05, 0) is 50.0 Å². The Morgan fingerprint density at radius 1 is 1.00 bits per heavy atom. The van der Waals surface area contributed by atoms with Crippen molar-refractivity contribution >= 4 is 5.91 Å². The molecular formula is C22H31NO2. The van der Waals surface area contributed by atoms with Gasteiger partial charge in [-0.2, -0.15) is 0 Å². The molecule has 1 aromatic rings. The van der Waals surface area contributed by atoms with Crippen molar-refractivity contribution in [1.82, 2.24) is 4.90 Å². The summed E-state index contributed by atoms with van der Waals surface area (Å²) in [4.78, 5) is 15.3. The first-order valence-electron chi connectivity index (χ1n) is 10.3. The number of hydrogen-bond acceptors (Lipinski definition) is 2. The Hall–Kier alpha value is -1.35. The third-order valence-corrected chi connectivity index (χ3v) is 6.25. The van der Waals surface area contributed by atoms with Crippen LogP contribution >= 0.6 is 0 Å². The van der Waals surface area contributed by atoms with Crippen molar-refractivity contribution in [1.29, 1.82) is 0 Å². The third-order valence-electron chi connectivity index (χ3n) is 6.25. The fourth-order valence-electron chi connectivity index (χ4n) is 4.52. The molecule has 1 amide bonds. The van der Waals surface area contributed by atoms with Crippen molar-refractivity contribution in [2.45, 2.75) is 69.9 Å². The van der Waals surface area contributed by atoms with E-state index in [0.29, 0.717) is 5.91 Å². The highest BCUT2D eigenvalue weighted by Gasteiger charge is 2.40. The Labute approximate surface area is 151 Å². The summed E-state index contributed by atoms with van der Waals surface area (Å²) in [5, 5.41) is 0. The van der Waals surface area contributed by atoms with E-state index in [4.69, 9.17) is 4.74 Å². The minimum atomic E-state index is 0.216. The lowest BCUT2D eigenvalue weighted by Crippen LogP contribution is -2.45. The Kier molecular flexibility index (Phi) is 5.40. The molecule has 1 saturated heterocycles. The van der Waals surface area contributed by atoms with Gasteiger partial charge in [0.2, 0.25) is 5.91 Å². The van der Waals surface area contributed by atoms with Crippen LogP contribution in [0.1, 0.15) is 56.9 Å². The maximum Gasteiger partial charge on any atom is 0.226 e. The molecule has 1 aromatic carbocycles. The fourth-order valence-corrected chi connectivity index (χ4v) is 4.52. The van der Waals surface area contributed by atoms with Crippen LogP contribution in [0.15, 0.2) is 30.3 Å². The van der Waals surface area contributed by atoms with Gasteiger partial charge < -0.3 is 9.64 Å². The molecule has 0 N–H and O–H groups in total. The van der Waals surface area contributed by atoms with Gasteiger partial charge in [-0.15, -0.1) is 0 Å². The molecule has 1 heterocycles. The highest BCUT2D eigenvalue weighted by Crippen LogP contribution is 2.34. The molecule has 2 atom stereocenters. The first-order chi connectivity index (χ1) is 12.3. The predicted molar refractivity (Wildman–Crippen MR) is 99.3 cm³/mol. The van der Waals surface area contributed by atoms with Crippen LogP contribution in [0.3, 0.4) is 0 Å². The molecule has 1 aliphatic heterocycles. The first-order valence-corrected chi connectivity index (χ1v) is 10.3. The van der Waals surface area contributed by atoms with Crippen molar-refractivity contribution in [2.75, 3.05) is 13.2 Å². The Bertz CT molecular complexity index is 563. The summed E-state index contributed by atoms with van der Waals surface area (Å²) in [6.45, 7) is 1.77. The van der Waals surface area contributed by atoms with Crippen LogP contribution < -0.4 is 0 Å². The Morgan fingerprint density at radius 2 is 1.76 bits per heavy atom. The summed E-state index contributed by atoms with van der Waals surface area (Å²) in [7, 11) is 0. The maximum atomic E-state index is 13.2. The number of ether oxygens (including phenoxy) is 1. The first kappa shape index (κ1) is 17.1. The van der Waals surface area contributed by atoms with Crippen molar-refractivity contribution in [3.05, 3.63) is 35.9 Å². The molecule has 3 heteroatoms. The van der Waals surface area contributed by atoms with Crippen LogP contribution in [0.2, 0.25) is 0 Å². The summed E-state index contributed by atoms with van der Waals surface area (Å²) in [6, 6.07) is 10.8. The second-order valence-electron chi connectivity index (χ2n) is 8.23. The molecule has 0 radical (unpaired) electrons. The molecule has 3 aliphatic rings. The molecule has 25 heavy (non-hydrogen) atoms. The van der Waals surface area contributed by atoms with Gasteiger partial charge in [0.05, 0.1) is 12.1 Å². The van der Waals surface area contributed by atoms with Crippen molar-refractivity contribution in [3.8, 4) is 0 Å². The van der Waals surface area contributed by atoms with E-state index < -0.39 is 0 Å². The lowest BCUT2D eigenvalue weighted by molar-refractivity contribution is -0.138. The van der Waals surface area contributed by atoms with E-state index in [-0.39, 0.29) is 18.1 Å². The largest absolute Gasteiger partial charge is 0.376 e. The number of carbonyl (C=O) groups is 1. The smallest absolute Gasteiger partial charge is 0.226 e. The maximum absolute atomic E-state index is 13.2. The molecule has 0 unspecified atom stereocenters. The second-order valence-corrected chi connectivity index (χ2v) is 8.23. The quantitative estimate of drug-likeness (QED) is 0.776. The van der Waals surface area contributed by atoms with E-state index in [1.165, 1.54) is 37.7 Å². The van der Waals surface area contributed by atoms with Crippen LogP contribution in [-0.2, 0) is 16.0 Å². The van der Waals surface area contributed by atoms with E-state index in [1.807, 2.05) is 0 Å². The summed E-state index contributed by atoms with van der Waals surface area (Å²) in [6.07, 6.45) is 10.7. The number of rotatable bonds is 6. The minimum Gasteiger partial charge on any atom is -0.376 e. The zero-order valence-corrected chi connectivity index (χ0v) is 15.2. The molecule has 136 valence electrons. The molecule has 0 bridgehead atoms. The normalized spacial score (nSPS) is 27.6. The number of likely N-dealkylation sites (tertiary alicyclic amines) is 1. The number of benzene rings is 1. The summed E-state index contributed by atoms with van der Waals surface area (Å²) in [5.74, 6) is 1.44. The number of nitrogens with zero attached hydrogens (tertiary/aromatic N) is 1. The lowest BCUT2D eigenvalue weighted by atomic mass is 9.88. The summed E-state index contributed by atoms with van der Waals surface area (Å²) >= 11 is 0. The van der Waals surface area contributed by atoms with Gasteiger partial charge in [0.1, 0.15) is 0 Å². The van der Waals surface area contributed by atoms with Crippen molar-refractivity contribution in [3.63, 3.8) is 0 Å². The van der Waals surface area contributed by atoms with Gasteiger partial charge >= 0.3 is 0 Å². The number of carbonyl (C=O) groups excluding carboxylic acids is 1. The third kappa shape index (κ3) is 4.25. The molecular weight excluding hydrogens is 310 g/mol. The van der Waals surface area contributed by atoms with Gasteiger partial charge in [0.15, 0.2) is 0 Å². The van der Waals surface area contributed by atoms with E-state index >= 15 is 0 Å². The lowest BCUT2D eigenvalue weighted by Gasteiger charge is -2.32. The molecule has 4 rings (SSSR count). The van der Waals surface area contributed by atoms with E-state index in [1.54, 1.807) is 0 Å². The summed E-state index contributed by atoms with van der Waals surface area (Å²) in [5.41, 5.74) is 1.32. The fraction of sp³-hybridized carbons (Fsp3) is 0.682. The Balaban J connectivity index is 1.46. The van der Waals surface area contributed by atoms with Gasteiger partial charge in [-0.3, -0.25) is 4.79 Å². The van der Waals surface area contributed by atoms with Gasteiger partial charge in [0.25, 0.3) is 0 Å². The minimum absolute atomic E-state index is 0.216. The second kappa shape index (κ2) is 7.90. The predicted octanol–water partition coefficient (Wildman–Crippen LogP) is 4.21. The highest BCUT2D eigenvalue weighted by molar-refractivity contribution is 5.79. The van der Waals surface area contributed by atoms with Crippen molar-refractivity contribution < 1.29 is 9.53 Å². The van der Waals surface area contributed by atoms with Crippen LogP contribution in [-0.4, -0.2) is 36.1 Å². The standard InChI is InChI=1S/C22H31NO2/c24-22(19-9-5-2-6-10-19)23-14-13-21(25-16-18-11-12-18)20(23)15-17-7-3-1-4-8-17/h1,3-4,7-8,18-21H,2,5-6,9-16H2/t20-,21+/m0/s1. The monoisotopic (exact) mass is 341 g/mol. The van der Waals surface area contributed by atoms with Gasteiger partial charge in [-0.25, -0.2) is 0 Å². The average Bonchev–Trinajstić information content (AvgIpc) is 3.42. The molecule has 3 fully saturated rings. The SMILES string of the molecule is O=C(C1CCCCC1)N1CC[C@@H](OCC2CC2)[C@@H]1Cc1ccccc1. The van der Waals surface area contributed by atoms with E-state index in [2.05, 4.69) is 35.2 Å². The zero-order valence-electron chi connectivity index (χ0n) is 15.2. The van der Waals surface area contributed by atoms with Crippen LogP contribution in [0.5, 0.6) is 0 Å². The van der Waals surface area contributed by atoms with Crippen LogP contribution in [0.25, 0.3) is 0 Å². The molecule has 0 spiro atoms.